The normalized spacial score (nSPS) is 17.1. The number of rotatable bonds is 3. The van der Waals surface area contributed by atoms with E-state index >= 15 is 0 Å². The number of hydrogen-bond acceptors (Lipinski definition) is 5. The second-order valence-corrected chi connectivity index (χ2v) is 4.26. The highest BCUT2D eigenvalue weighted by atomic mass is 32.1. The standard InChI is InChI=1S/C9H9NO4S/c1-9(13-2-3-14-9)6-5-10-7(15-6)4-8(11)12/h2-3,5H,4H2,1H3,(H,11,12). The van der Waals surface area contributed by atoms with Crippen molar-refractivity contribution in [3.63, 3.8) is 0 Å². The molecule has 2 heterocycles. The SMILES string of the molecule is CC1(c2cnc(CC(=O)O)s2)OC=CO1. The summed E-state index contributed by atoms with van der Waals surface area (Å²) in [5, 5.41) is 9.14. The molecule has 0 atom stereocenters. The molecule has 0 amide bonds. The first kappa shape index (κ1) is 9.97. The van der Waals surface area contributed by atoms with E-state index in [2.05, 4.69) is 4.98 Å². The first-order chi connectivity index (χ1) is 7.10. The van der Waals surface area contributed by atoms with Crippen LogP contribution in [0.1, 0.15) is 16.8 Å². The van der Waals surface area contributed by atoms with E-state index in [4.69, 9.17) is 14.6 Å². The lowest BCUT2D eigenvalue weighted by atomic mass is 10.3. The Kier molecular flexibility index (Phi) is 2.36. The van der Waals surface area contributed by atoms with Crippen LogP contribution in [-0.2, 0) is 26.5 Å². The van der Waals surface area contributed by atoms with Crippen molar-refractivity contribution in [1.29, 1.82) is 0 Å². The van der Waals surface area contributed by atoms with E-state index in [-0.39, 0.29) is 6.42 Å². The van der Waals surface area contributed by atoms with E-state index in [9.17, 15) is 4.79 Å². The summed E-state index contributed by atoms with van der Waals surface area (Å²) in [5.74, 6) is -1.75. The van der Waals surface area contributed by atoms with E-state index in [0.717, 1.165) is 4.88 Å². The van der Waals surface area contributed by atoms with Crippen LogP contribution in [0.3, 0.4) is 0 Å². The lowest BCUT2D eigenvalue weighted by Gasteiger charge is -2.20. The van der Waals surface area contributed by atoms with Crippen molar-refractivity contribution in [1.82, 2.24) is 4.98 Å². The molecule has 1 N–H and O–H groups in total. The zero-order valence-electron chi connectivity index (χ0n) is 7.97. The van der Waals surface area contributed by atoms with E-state index < -0.39 is 11.8 Å². The fourth-order valence-corrected chi connectivity index (χ4v) is 2.13. The van der Waals surface area contributed by atoms with Gasteiger partial charge in [0.25, 0.3) is 5.79 Å². The molecule has 0 fully saturated rings. The van der Waals surface area contributed by atoms with Crippen molar-refractivity contribution in [2.75, 3.05) is 0 Å². The van der Waals surface area contributed by atoms with Gasteiger partial charge in [-0.05, 0) is 0 Å². The van der Waals surface area contributed by atoms with Crippen LogP contribution in [-0.4, -0.2) is 16.1 Å². The molecule has 0 spiro atoms. The molecule has 2 rings (SSSR count). The van der Waals surface area contributed by atoms with Gasteiger partial charge < -0.3 is 14.6 Å². The average Bonchev–Trinajstić information content (AvgIpc) is 2.74. The van der Waals surface area contributed by atoms with E-state index in [0.29, 0.717) is 5.01 Å². The highest BCUT2D eigenvalue weighted by Crippen LogP contribution is 2.34. The Bertz CT molecular complexity index is 404. The number of thiazole rings is 1. The summed E-state index contributed by atoms with van der Waals surface area (Å²) in [6, 6.07) is 0. The van der Waals surface area contributed by atoms with Crippen LogP contribution < -0.4 is 0 Å². The summed E-state index contributed by atoms with van der Waals surface area (Å²) in [5.41, 5.74) is 0. The number of hydrogen-bond donors (Lipinski definition) is 1. The number of aliphatic carboxylic acids is 1. The molecule has 0 unspecified atom stereocenters. The summed E-state index contributed by atoms with van der Waals surface area (Å²) in [6.07, 6.45) is 4.41. The third-order valence-electron chi connectivity index (χ3n) is 1.95. The van der Waals surface area contributed by atoms with Gasteiger partial charge >= 0.3 is 5.97 Å². The summed E-state index contributed by atoms with van der Waals surface area (Å²) >= 11 is 1.28. The molecule has 15 heavy (non-hydrogen) atoms. The highest BCUT2D eigenvalue weighted by molar-refractivity contribution is 7.11. The van der Waals surface area contributed by atoms with E-state index in [1.54, 1.807) is 13.1 Å². The van der Waals surface area contributed by atoms with Crippen molar-refractivity contribution >= 4 is 17.3 Å². The summed E-state index contributed by atoms with van der Waals surface area (Å²) in [6.45, 7) is 1.76. The van der Waals surface area contributed by atoms with Gasteiger partial charge in [0.05, 0.1) is 6.42 Å². The van der Waals surface area contributed by atoms with Crippen molar-refractivity contribution in [2.24, 2.45) is 0 Å². The molecule has 1 aliphatic heterocycles. The molecule has 1 aliphatic rings. The van der Waals surface area contributed by atoms with Gasteiger partial charge in [0, 0.05) is 13.1 Å². The predicted octanol–water partition coefficient (Wildman–Crippen LogP) is 1.46. The Morgan fingerprint density at radius 2 is 2.27 bits per heavy atom. The lowest BCUT2D eigenvalue weighted by Crippen LogP contribution is -2.20. The summed E-state index contributed by atoms with van der Waals surface area (Å²) in [4.78, 5) is 15.2. The van der Waals surface area contributed by atoms with Crippen LogP contribution in [0, 0.1) is 0 Å². The van der Waals surface area contributed by atoms with Gasteiger partial charge in [-0.25, -0.2) is 4.98 Å². The number of carboxylic acids is 1. The molecular weight excluding hydrogens is 218 g/mol. The highest BCUT2D eigenvalue weighted by Gasteiger charge is 2.34. The zero-order valence-corrected chi connectivity index (χ0v) is 8.78. The molecule has 0 aliphatic carbocycles. The van der Waals surface area contributed by atoms with Gasteiger partial charge in [0.2, 0.25) is 0 Å². The molecular formula is C9H9NO4S. The number of ether oxygens (including phenoxy) is 2. The van der Waals surface area contributed by atoms with Crippen LogP contribution in [0.15, 0.2) is 18.7 Å². The number of aromatic nitrogens is 1. The molecule has 5 nitrogen and oxygen atoms in total. The minimum absolute atomic E-state index is 0.0752. The van der Waals surface area contributed by atoms with Crippen molar-refractivity contribution in [2.45, 2.75) is 19.1 Å². The zero-order chi connectivity index (χ0) is 10.9. The van der Waals surface area contributed by atoms with Crippen LogP contribution in [0.4, 0.5) is 0 Å². The lowest BCUT2D eigenvalue weighted by molar-refractivity contribution is -0.136. The monoisotopic (exact) mass is 227 g/mol. The largest absolute Gasteiger partial charge is 0.481 e. The van der Waals surface area contributed by atoms with Crippen LogP contribution >= 0.6 is 11.3 Å². The number of carbonyl (C=O) groups is 1. The van der Waals surface area contributed by atoms with Gasteiger partial charge in [-0.2, -0.15) is 0 Å². The van der Waals surface area contributed by atoms with E-state index in [1.807, 2.05) is 0 Å². The number of carboxylic acid groups (broad SMARTS) is 1. The van der Waals surface area contributed by atoms with Gasteiger partial charge in [-0.3, -0.25) is 4.79 Å². The van der Waals surface area contributed by atoms with Crippen LogP contribution in [0.5, 0.6) is 0 Å². The van der Waals surface area contributed by atoms with Gasteiger partial charge in [-0.1, -0.05) is 0 Å². The van der Waals surface area contributed by atoms with Crippen LogP contribution in [0.25, 0.3) is 0 Å². The topological polar surface area (TPSA) is 68.7 Å². The second-order valence-electron chi connectivity index (χ2n) is 3.14. The van der Waals surface area contributed by atoms with Crippen molar-refractivity contribution in [3.05, 3.63) is 28.6 Å². The molecule has 0 saturated heterocycles. The third-order valence-corrected chi connectivity index (χ3v) is 3.13. The Labute approximate surface area is 90.0 Å². The molecule has 1 aromatic rings. The van der Waals surface area contributed by atoms with Gasteiger partial charge in [0.1, 0.15) is 22.4 Å². The molecule has 0 radical (unpaired) electrons. The quantitative estimate of drug-likeness (QED) is 0.846. The minimum atomic E-state index is -0.896. The van der Waals surface area contributed by atoms with Crippen molar-refractivity contribution < 1.29 is 19.4 Å². The first-order valence-electron chi connectivity index (χ1n) is 4.28. The fourth-order valence-electron chi connectivity index (χ4n) is 1.19. The second kappa shape index (κ2) is 3.54. The average molecular weight is 227 g/mol. The molecule has 6 heteroatoms. The van der Waals surface area contributed by atoms with Gasteiger partial charge in [0.15, 0.2) is 0 Å². The maximum atomic E-state index is 10.5. The Morgan fingerprint density at radius 3 is 2.87 bits per heavy atom. The van der Waals surface area contributed by atoms with Crippen LogP contribution in [0.2, 0.25) is 0 Å². The molecule has 0 aromatic carbocycles. The molecule has 1 aromatic heterocycles. The summed E-state index contributed by atoms with van der Waals surface area (Å²) < 4.78 is 10.5. The maximum Gasteiger partial charge on any atom is 0.310 e. The molecule has 80 valence electrons. The minimum Gasteiger partial charge on any atom is -0.481 e. The smallest absolute Gasteiger partial charge is 0.310 e. The Hall–Kier alpha value is -1.56. The Morgan fingerprint density at radius 1 is 1.60 bits per heavy atom. The fraction of sp³-hybridized carbons (Fsp3) is 0.333. The van der Waals surface area contributed by atoms with Crippen molar-refractivity contribution in [3.8, 4) is 0 Å². The molecule has 0 saturated carbocycles. The predicted molar refractivity (Wildman–Crippen MR) is 52.1 cm³/mol. The summed E-state index contributed by atoms with van der Waals surface area (Å²) in [7, 11) is 0. The first-order valence-corrected chi connectivity index (χ1v) is 5.09. The molecule has 0 bridgehead atoms. The Balaban J connectivity index is 2.16. The third kappa shape index (κ3) is 1.94. The van der Waals surface area contributed by atoms with Gasteiger partial charge in [-0.15, -0.1) is 11.3 Å². The van der Waals surface area contributed by atoms with E-state index in [1.165, 1.54) is 23.9 Å². The number of nitrogens with zero attached hydrogens (tertiary/aromatic N) is 1. The maximum absolute atomic E-state index is 10.5.